The molecule has 1 aliphatic carbocycles. The molecular weight excluding hydrogens is 181 g/mol. The highest BCUT2D eigenvalue weighted by atomic mass is 19.1. The minimum absolute atomic E-state index is 0.0284. The van der Waals surface area contributed by atoms with Gasteiger partial charge in [0.1, 0.15) is 5.67 Å². The van der Waals surface area contributed by atoms with Crippen LogP contribution in [-0.2, 0) is 4.79 Å². The molecule has 82 valence electrons. The molecule has 0 aromatic carbocycles. The van der Waals surface area contributed by atoms with Gasteiger partial charge in [-0.1, -0.05) is 6.92 Å². The van der Waals surface area contributed by atoms with Gasteiger partial charge >= 0.3 is 0 Å². The Kier molecular flexibility index (Phi) is 3.51. The fourth-order valence-corrected chi connectivity index (χ4v) is 1.88. The summed E-state index contributed by atoms with van der Waals surface area (Å²) in [6, 6.07) is 0.203. The minimum atomic E-state index is -1.13. The number of alkyl halides is 1. The average Bonchev–Trinajstić information content (AvgIpc) is 2.46. The molecule has 1 rings (SSSR count). The number of nitrogens with one attached hydrogen (secondary N) is 1. The van der Waals surface area contributed by atoms with Gasteiger partial charge in [0.15, 0.2) is 0 Å². The fourth-order valence-electron chi connectivity index (χ4n) is 1.88. The van der Waals surface area contributed by atoms with E-state index >= 15 is 0 Å². The SMILES string of the molecule is CCC(C)NC(=O)C1CCC(C)(F)C1. The zero-order chi connectivity index (χ0) is 10.8. The second-order valence-electron chi connectivity index (χ2n) is 4.67. The van der Waals surface area contributed by atoms with Crippen molar-refractivity contribution in [2.75, 3.05) is 0 Å². The van der Waals surface area contributed by atoms with Crippen molar-refractivity contribution in [2.24, 2.45) is 5.92 Å². The summed E-state index contributed by atoms with van der Waals surface area (Å²) in [7, 11) is 0. The predicted molar refractivity (Wildman–Crippen MR) is 54.7 cm³/mol. The number of hydrogen-bond acceptors (Lipinski definition) is 1. The van der Waals surface area contributed by atoms with Crippen molar-refractivity contribution in [1.82, 2.24) is 5.32 Å². The lowest BCUT2D eigenvalue weighted by Crippen LogP contribution is -2.36. The summed E-state index contributed by atoms with van der Waals surface area (Å²) in [4.78, 5) is 11.6. The molecule has 0 heterocycles. The number of amides is 1. The van der Waals surface area contributed by atoms with Crippen LogP contribution in [0.15, 0.2) is 0 Å². The Bertz CT molecular complexity index is 215. The second kappa shape index (κ2) is 4.28. The van der Waals surface area contributed by atoms with E-state index in [-0.39, 0.29) is 17.9 Å². The summed E-state index contributed by atoms with van der Waals surface area (Å²) in [5.41, 5.74) is -1.13. The number of rotatable bonds is 3. The van der Waals surface area contributed by atoms with E-state index in [4.69, 9.17) is 0 Å². The lowest BCUT2D eigenvalue weighted by molar-refractivity contribution is -0.125. The van der Waals surface area contributed by atoms with Crippen LogP contribution < -0.4 is 5.32 Å². The maximum absolute atomic E-state index is 13.5. The first kappa shape index (κ1) is 11.5. The van der Waals surface area contributed by atoms with E-state index in [1.54, 1.807) is 6.92 Å². The van der Waals surface area contributed by atoms with Crippen molar-refractivity contribution in [2.45, 2.75) is 58.2 Å². The van der Waals surface area contributed by atoms with Crippen LogP contribution in [0.4, 0.5) is 4.39 Å². The van der Waals surface area contributed by atoms with Gasteiger partial charge in [-0.05, 0) is 39.5 Å². The van der Waals surface area contributed by atoms with Gasteiger partial charge in [-0.3, -0.25) is 4.79 Å². The summed E-state index contributed by atoms with van der Waals surface area (Å²) >= 11 is 0. The summed E-state index contributed by atoms with van der Waals surface area (Å²) in [6.07, 6.45) is 2.52. The normalized spacial score (nSPS) is 34.1. The average molecular weight is 201 g/mol. The third-order valence-corrected chi connectivity index (χ3v) is 3.06. The Balaban J connectivity index is 2.40. The van der Waals surface area contributed by atoms with Gasteiger partial charge in [-0.25, -0.2) is 4.39 Å². The van der Waals surface area contributed by atoms with Gasteiger partial charge in [0, 0.05) is 12.0 Å². The first-order valence-electron chi connectivity index (χ1n) is 5.44. The summed E-state index contributed by atoms with van der Waals surface area (Å²) in [6.45, 7) is 5.59. The number of carbonyl (C=O) groups excluding carboxylic acids is 1. The molecule has 1 amide bonds. The van der Waals surface area contributed by atoms with Crippen LogP contribution in [0.3, 0.4) is 0 Å². The van der Waals surface area contributed by atoms with Gasteiger partial charge in [0.25, 0.3) is 0 Å². The van der Waals surface area contributed by atoms with Crippen molar-refractivity contribution >= 4 is 5.91 Å². The third-order valence-electron chi connectivity index (χ3n) is 3.06. The number of carbonyl (C=O) groups is 1. The highest BCUT2D eigenvalue weighted by molar-refractivity contribution is 5.79. The predicted octanol–water partition coefficient (Wildman–Crippen LogP) is 2.43. The zero-order valence-corrected chi connectivity index (χ0v) is 9.27. The number of halogens is 1. The molecule has 14 heavy (non-hydrogen) atoms. The lowest BCUT2D eigenvalue weighted by Gasteiger charge is -2.16. The van der Waals surface area contributed by atoms with E-state index in [2.05, 4.69) is 5.32 Å². The van der Waals surface area contributed by atoms with Crippen molar-refractivity contribution in [1.29, 1.82) is 0 Å². The van der Waals surface area contributed by atoms with Gasteiger partial charge in [-0.2, -0.15) is 0 Å². The Labute approximate surface area is 85.3 Å². The van der Waals surface area contributed by atoms with Gasteiger partial charge in [0.2, 0.25) is 5.91 Å². The zero-order valence-electron chi connectivity index (χ0n) is 9.27. The smallest absolute Gasteiger partial charge is 0.223 e. The van der Waals surface area contributed by atoms with E-state index in [0.29, 0.717) is 19.3 Å². The van der Waals surface area contributed by atoms with Crippen molar-refractivity contribution in [3.8, 4) is 0 Å². The summed E-state index contributed by atoms with van der Waals surface area (Å²) in [5.74, 6) is -0.0836. The molecule has 0 radical (unpaired) electrons. The Morgan fingerprint density at radius 1 is 1.71 bits per heavy atom. The molecule has 3 heteroatoms. The maximum atomic E-state index is 13.5. The van der Waals surface area contributed by atoms with Crippen LogP contribution in [0.25, 0.3) is 0 Å². The molecule has 0 aromatic rings. The van der Waals surface area contributed by atoms with Crippen molar-refractivity contribution in [3.63, 3.8) is 0 Å². The van der Waals surface area contributed by atoms with Crippen LogP contribution in [0, 0.1) is 5.92 Å². The molecule has 3 unspecified atom stereocenters. The molecule has 0 spiro atoms. The molecule has 0 saturated heterocycles. The van der Waals surface area contributed by atoms with Crippen LogP contribution in [0.1, 0.15) is 46.5 Å². The van der Waals surface area contributed by atoms with E-state index in [0.717, 1.165) is 6.42 Å². The van der Waals surface area contributed by atoms with Crippen LogP contribution in [0.5, 0.6) is 0 Å². The van der Waals surface area contributed by atoms with E-state index in [1.807, 2.05) is 13.8 Å². The van der Waals surface area contributed by atoms with E-state index < -0.39 is 5.67 Å². The van der Waals surface area contributed by atoms with Crippen LogP contribution in [-0.4, -0.2) is 17.6 Å². The Morgan fingerprint density at radius 3 is 2.79 bits per heavy atom. The minimum Gasteiger partial charge on any atom is -0.353 e. The van der Waals surface area contributed by atoms with Gasteiger partial charge < -0.3 is 5.32 Å². The molecule has 0 aliphatic heterocycles. The first-order valence-corrected chi connectivity index (χ1v) is 5.44. The van der Waals surface area contributed by atoms with Crippen LogP contribution in [0.2, 0.25) is 0 Å². The number of hydrogen-bond donors (Lipinski definition) is 1. The Hall–Kier alpha value is -0.600. The highest BCUT2D eigenvalue weighted by Crippen LogP contribution is 2.37. The molecule has 3 atom stereocenters. The molecule has 1 saturated carbocycles. The monoisotopic (exact) mass is 201 g/mol. The van der Waals surface area contributed by atoms with Crippen molar-refractivity contribution < 1.29 is 9.18 Å². The molecule has 1 fully saturated rings. The molecular formula is C11H20FNO. The summed E-state index contributed by atoms with van der Waals surface area (Å²) in [5, 5.41) is 2.90. The van der Waals surface area contributed by atoms with E-state index in [1.165, 1.54) is 0 Å². The maximum Gasteiger partial charge on any atom is 0.223 e. The first-order chi connectivity index (χ1) is 6.44. The standard InChI is InChI=1S/C11H20FNO/c1-4-8(2)13-10(14)9-5-6-11(3,12)7-9/h8-9H,4-7H2,1-3H3,(H,13,14). The molecule has 1 N–H and O–H groups in total. The van der Waals surface area contributed by atoms with E-state index in [9.17, 15) is 9.18 Å². The fraction of sp³-hybridized carbons (Fsp3) is 0.909. The third kappa shape index (κ3) is 2.96. The second-order valence-corrected chi connectivity index (χ2v) is 4.67. The molecule has 2 nitrogen and oxygen atoms in total. The summed E-state index contributed by atoms with van der Waals surface area (Å²) < 4.78 is 13.5. The molecule has 0 aromatic heterocycles. The lowest BCUT2D eigenvalue weighted by atomic mass is 10.0. The largest absolute Gasteiger partial charge is 0.353 e. The molecule has 1 aliphatic rings. The van der Waals surface area contributed by atoms with Crippen molar-refractivity contribution in [3.05, 3.63) is 0 Å². The topological polar surface area (TPSA) is 29.1 Å². The Morgan fingerprint density at radius 2 is 2.36 bits per heavy atom. The quantitative estimate of drug-likeness (QED) is 0.746. The highest BCUT2D eigenvalue weighted by Gasteiger charge is 2.38. The van der Waals surface area contributed by atoms with Gasteiger partial charge in [0.05, 0.1) is 0 Å². The van der Waals surface area contributed by atoms with Gasteiger partial charge in [-0.15, -0.1) is 0 Å². The van der Waals surface area contributed by atoms with Crippen LogP contribution >= 0.6 is 0 Å². The molecule has 0 bridgehead atoms.